The quantitative estimate of drug-likeness (QED) is 0.677. The monoisotopic (exact) mass is 211 g/mol. The Labute approximate surface area is 95.3 Å². The van der Waals surface area contributed by atoms with Crippen LogP contribution in [0.4, 0.5) is 0 Å². The molecule has 0 spiro atoms. The second-order valence-electron chi connectivity index (χ2n) is 4.63. The van der Waals surface area contributed by atoms with E-state index in [2.05, 4.69) is 18.1 Å². The Morgan fingerprint density at radius 2 is 2.19 bits per heavy atom. The topological polar surface area (TPSA) is 20.3 Å². The van der Waals surface area contributed by atoms with Gasteiger partial charge in [0.15, 0.2) is 0 Å². The average Bonchev–Trinajstić information content (AvgIpc) is 2.98. The van der Waals surface area contributed by atoms with Crippen LogP contribution in [-0.4, -0.2) is 23.9 Å². The number of amides is 1. The summed E-state index contributed by atoms with van der Waals surface area (Å²) in [5, 5.41) is 0. The van der Waals surface area contributed by atoms with Gasteiger partial charge in [-0.3, -0.25) is 4.79 Å². The standard InChI is InChI=1S/C14H13NO/c1-2-8-15-10-12-9-14(12,13(15)16)11-6-4-3-5-7-11/h1,3-7,12H,8-10H2/t12-,14+/m0/s1. The molecule has 1 amide bonds. The zero-order valence-corrected chi connectivity index (χ0v) is 9.02. The van der Waals surface area contributed by atoms with Crippen molar-refractivity contribution in [3.63, 3.8) is 0 Å². The molecule has 0 radical (unpaired) electrons. The summed E-state index contributed by atoms with van der Waals surface area (Å²) in [7, 11) is 0. The van der Waals surface area contributed by atoms with Gasteiger partial charge in [-0.1, -0.05) is 36.3 Å². The van der Waals surface area contributed by atoms with E-state index in [-0.39, 0.29) is 11.3 Å². The lowest BCUT2D eigenvalue weighted by molar-refractivity contribution is -0.130. The van der Waals surface area contributed by atoms with Gasteiger partial charge in [-0.25, -0.2) is 0 Å². The van der Waals surface area contributed by atoms with Crippen LogP contribution in [0.25, 0.3) is 0 Å². The SMILES string of the molecule is C#CCN1C[C@@H]2C[C@]2(c2ccccc2)C1=O. The predicted octanol–water partition coefficient (Wildman–Crippen LogP) is 1.42. The van der Waals surface area contributed by atoms with Gasteiger partial charge in [0.25, 0.3) is 0 Å². The first kappa shape index (κ1) is 9.47. The molecule has 0 bridgehead atoms. The number of hydrogen-bond acceptors (Lipinski definition) is 1. The smallest absolute Gasteiger partial charge is 0.234 e. The summed E-state index contributed by atoms with van der Waals surface area (Å²) in [5.74, 6) is 3.26. The minimum atomic E-state index is -0.224. The largest absolute Gasteiger partial charge is 0.330 e. The van der Waals surface area contributed by atoms with Crippen LogP contribution in [-0.2, 0) is 10.2 Å². The van der Waals surface area contributed by atoms with Gasteiger partial charge in [0, 0.05) is 6.54 Å². The molecular formula is C14H13NO. The lowest BCUT2D eigenvalue weighted by Crippen LogP contribution is -2.33. The van der Waals surface area contributed by atoms with Gasteiger partial charge in [-0.15, -0.1) is 6.42 Å². The fourth-order valence-corrected chi connectivity index (χ4v) is 2.90. The van der Waals surface area contributed by atoms with Gasteiger partial charge < -0.3 is 4.90 Å². The van der Waals surface area contributed by atoms with Crippen molar-refractivity contribution in [1.82, 2.24) is 4.90 Å². The van der Waals surface area contributed by atoms with Crippen LogP contribution in [0.1, 0.15) is 12.0 Å². The number of piperidine rings is 1. The van der Waals surface area contributed by atoms with Crippen molar-refractivity contribution in [3.8, 4) is 12.3 Å². The Kier molecular flexibility index (Phi) is 1.85. The number of rotatable bonds is 2. The summed E-state index contributed by atoms with van der Waals surface area (Å²) in [6, 6.07) is 10.1. The van der Waals surface area contributed by atoms with E-state index in [1.807, 2.05) is 18.2 Å². The van der Waals surface area contributed by atoms with Crippen LogP contribution >= 0.6 is 0 Å². The third kappa shape index (κ3) is 1.06. The molecule has 2 heteroatoms. The molecule has 0 aromatic heterocycles. The van der Waals surface area contributed by atoms with Crippen molar-refractivity contribution >= 4 is 5.91 Å². The minimum Gasteiger partial charge on any atom is -0.330 e. The van der Waals surface area contributed by atoms with Crippen LogP contribution < -0.4 is 0 Å². The summed E-state index contributed by atoms with van der Waals surface area (Å²) >= 11 is 0. The number of terminal acetylenes is 1. The second-order valence-corrected chi connectivity index (χ2v) is 4.63. The van der Waals surface area contributed by atoms with Crippen LogP contribution in [0, 0.1) is 18.3 Å². The van der Waals surface area contributed by atoms with Gasteiger partial charge in [-0.05, 0) is 17.9 Å². The summed E-state index contributed by atoms with van der Waals surface area (Å²) in [5.41, 5.74) is 0.933. The van der Waals surface area contributed by atoms with Gasteiger partial charge in [0.05, 0.1) is 12.0 Å². The van der Waals surface area contributed by atoms with Gasteiger partial charge in [-0.2, -0.15) is 0 Å². The second kappa shape index (κ2) is 3.12. The number of benzene rings is 1. The molecule has 2 nitrogen and oxygen atoms in total. The molecule has 1 aromatic carbocycles. The molecular weight excluding hydrogens is 198 g/mol. The molecule has 1 heterocycles. The van der Waals surface area contributed by atoms with Gasteiger partial charge in [0.1, 0.15) is 0 Å². The Hall–Kier alpha value is -1.75. The lowest BCUT2D eigenvalue weighted by Gasteiger charge is -2.18. The molecule has 1 aliphatic carbocycles. The maximum atomic E-state index is 12.3. The van der Waals surface area contributed by atoms with Gasteiger partial charge in [0.2, 0.25) is 5.91 Å². The fraction of sp³-hybridized carbons (Fsp3) is 0.357. The van der Waals surface area contributed by atoms with Crippen molar-refractivity contribution in [2.24, 2.45) is 5.92 Å². The first-order valence-corrected chi connectivity index (χ1v) is 5.57. The van der Waals surface area contributed by atoms with E-state index in [4.69, 9.17) is 6.42 Å². The van der Waals surface area contributed by atoms with Crippen molar-refractivity contribution < 1.29 is 4.79 Å². The molecule has 0 N–H and O–H groups in total. The first-order valence-electron chi connectivity index (χ1n) is 5.57. The Morgan fingerprint density at radius 1 is 1.44 bits per heavy atom. The highest BCUT2D eigenvalue weighted by atomic mass is 16.2. The van der Waals surface area contributed by atoms with E-state index < -0.39 is 0 Å². The van der Waals surface area contributed by atoms with Crippen molar-refractivity contribution in [2.75, 3.05) is 13.1 Å². The molecule has 0 unspecified atom stereocenters. The summed E-state index contributed by atoms with van der Waals surface area (Å²) in [6.07, 6.45) is 6.27. The first-order chi connectivity index (χ1) is 7.79. The highest BCUT2D eigenvalue weighted by Gasteiger charge is 2.66. The summed E-state index contributed by atoms with van der Waals surface area (Å²) < 4.78 is 0. The van der Waals surface area contributed by atoms with Crippen LogP contribution in [0.3, 0.4) is 0 Å². The molecule has 16 heavy (non-hydrogen) atoms. The zero-order valence-electron chi connectivity index (χ0n) is 9.02. The molecule has 1 saturated carbocycles. The van der Waals surface area contributed by atoms with Gasteiger partial charge >= 0.3 is 0 Å². The Morgan fingerprint density at radius 3 is 2.88 bits per heavy atom. The molecule has 2 atom stereocenters. The van der Waals surface area contributed by atoms with E-state index in [0.717, 1.165) is 18.5 Å². The number of likely N-dealkylation sites (tertiary alicyclic amines) is 1. The van der Waals surface area contributed by atoms with E-state index in [0.29, 0.717) is 12.5 Å². The Balaban J connectivity index is 1.94. The Bertz CT molecular complexity index is 473. The molecule has 80 valence electrons. The third-order valence-corrected chi connectivity index (χ3v) is 3.79. The normalized spacial score (nSPS) is 31.1. The summed E-state index contributed by atoms with van der Waals surface area (Å²) in [4.78, 5) is 14.1. The van der Waals surface area contributed by atoms with Crippen LogP contribution in [0.5, 0.6) is 0 Å². The number of carbonyl (C=O) groups excluding carboxylic acids is 1. The van der Waals surface area contributed by atoms with Crippen molar-refractivity contribution in [3.05, 3.63) is 35.9 Å². The fourth-order valence-electron chi connectivity index (χ4n) is 2.90. The molecule has 1 aromatic rings. The van der Waals surface area contributed by atoms with Crippen LogP contribution in [0.2, 0.25) is 0 Å². The highest BCUT2D eigenvalue weighted by molar-refractivity contribution is 5.95. The minimum absolute atomic E-state index is 0.224. The lowest BCUT2D eigenvalue weighted by atomic mass is 9.94. The molecule has 2 fully saturated rings. The summed E-state index contributed by atoms with van der Waals surface area (Å²) in [6.45, 7) is 1.28. The van der Waals surface area contributed by atoms with Crippen LogP contribution in [0.15, 0.2) is 30.3 Å². The van der Waals surface area contributed by atoms with Crippen molar-refractivity contribution in [2.45, 2.75) is 11.8 Å². The maximum Gasteiger partial charge on any atom is 0.234 e. The number of nitrogens with zero attached hydrogens (tertiary/aromatic N) is 1. The van der Waals surface area contributed by atoms with E-state index >= 15 is 0 Å². The molecule has 1 saturated heterocycles. The average molecular weight is 211 g/mol. The maximum absolute atomic E-state index is 12.3. The molecule has 1 aliphatic heterocycles. The zero-order chi connectivity index (χ0) is 11.2. The molecule has 2 aliphatic rings. The highest BCUT2D eigenvalue weighted by Crippen LogP contribution is 2.59. The van der Waals surface area contributed by atoms with E-state index in [1.54, 1.807) is 4.90 Å². The predicted molar refractivity (Wildman–Crippen MR) is 61.6 cm³/mol. The van der Waals surface area contributed by atoms with E-state index in [9.17, 15) is 4.79 Å². The number of hydrogen-bond donors (Lipinski definition) is 0. The number of carbonyl (C=O) groups is 1. The van der Waals surface area contributed by atoms with Crippen molar-refractivity contribution in [1.29, 1.82) is 0 Å². The van der Waals surface area contributed by atoms with E-state index in [1.165, 1.54) is 0 Å². The third-order valence-electron chi connectivity index (χ3n) is 3.79. The molecule has 3 rings (SSSR count). The number of fused-ring (bicyclic) bond motifs is 1.